The van der Waals surface area contributed by atoms with Gasteiger partial charge in [0.15, 0.2) is 0 Å². The van der Waals surface area contributed by atoms with Gasteiger partial charge in [-0.25, -0.2) is 4.98 Å². The SMILES string of the molecule is CC(C)c1noc2ncc(C(=O)N3CCC[C@@H]([C@H](C)N)C3)cc12. The summed E-state index contributed by atoms with van der Waals surface area (Å²) < 4.78 is 5.24. The van der Waals surface area contributed by atoms with Gasteiger partial charge >= 0.3 is 0 Å². The first-order valence-electron chi connectivity index (χ1n) is 8.27. The molecule has 1 aliphatic heterocycles. The second kappa shape index (κ2) is 6.28. The third-order valence-electron chi connectivity index (χ3n) is 4.64. The average molecular weight is 316 g/mol. The number of hydrogen-bond acceptors (Lipinski definition) is 5. The zero-order valence-corrected chi connectivity index (χ0v) is 14.0. The number of nitrogens with two attached hydrogens (primary N) is 1. The van der Waals surface area contributed by atoms with Crippen LogP contribution in [-0.4, -0.2) is 40.1 Å². The van der Waals surface area contributed by atoms with E-state index in [1.54, 1.807) is 6.20 Å². The second-order valence-electron chi connectivity index (χ2n) is 6.81. The number of carbonyl (C=O) groups is 1. The summed E-state index contributed by atoms with van der Waals surface area (Å²) in [5, 5.41) is 4.89. The number of carbonyl (C=O) groups excluding carboxylic acids is 1. The van der Waals surface area contributed by atoms with Gasteiger partial charge in [-0.15, -0.1) is 0 Å². The fourth-order valence-electron chi connectivity index (χ4n) is 3.19. The van der Waals surface area contributed by atoms with Gasteiger partial charge in [-0.05, 0) is 37.7 Å². The summed E-state index contributed by atoms with van der Waals surface area (Å²) in [6.45, 7) is 7.60. The van der Waals surface area contributed by atoms with Crippen LogP contribution >= 0.6 is 0 Å². The van der Waals surface area contributed by atoms with Crippen molar-refractivity contribution in [3.8, 4) is 0 Å². The van der Waals surface area contributed by atoms with E-state index in [0.717, 1.165) is 37.0 Å². The quantitative estimate of drug-likeness (QED) is 0.940. The molecule has 1 aliphatic rings. The van der Waals surface area contributed by atoms with Gasteiger partial charge in [-0.1, -0.05) is 19.0 Å². The molecule has 6 nitrogen and oxygen atoms in total. The standard InChI is InChI=1S/C17H24N4O2/c1-10(2)15-14-7-13(8-19-16(14)23-20-15)17(22)21-6-4-5-12(9-21)11(3)18/h7-8,10-12H,4-6,9,18H2,1-3H3/t11-,12+/m0/s1. The lowest BCUT2D eigenvalue weighted by atomic mass is 9.92. The van der Waals surface area contributed by atoms with E-state index in [1.165, 1.54) is 0 Å². The van der Waals surface area contributed by atoms with Crippen molar-refractivity contribution >= 4 is 17.0 Å². The van der Waals surface area contributed by atoms with Crippen molar-refractivity contribution in [1.29, 1.82) is 0 Å². The molecule has 1 amide bonds. The Bertz CT molecular complexity index is 708. The minimum atomic E-state index is 0.0145. The number of pyridine rings is 1. The molecule has 0 aromatic carbocycles. The summed E-state index contributed by atoms with van der Waals surface area (Å²) >= 11 is 0. The van der Waals surface area contributed by atoms with E-state index in [2.05, 4.69) is 10.1 Å². The summed E-state index contributed by atoms with van der Waals surface area (Å²) in [5.74, 6) is 0.604. The Balaban J connectivity index is 1.87. The molecule has 3 heterocycles. The molecular weight excluding hydrogens is 292 g/mol. The number of nitrogens with zero attached hydrogens (tertiary/aromatic N) is 3. The number of likely N-dealkylation sites (tertiary alicyclic amines) is 1. The molecule has 2 aromatic rings. The third-order valence-corrected chi connectivity index (χ3v) is 4.64. The van der Waals surface area contributed by atoms with E-state index in [-0.39, 0.29) is 17.9 Å². The number of rotatable bonds is 3. The maximum Gasteiger partial charge on any atom is 0.257 e. The van der Waals surface area contributed by atoms with Crippen LogP contribution in [0.3, 0.4) is 0 Å². The first kappa shape index (κ1) is 15.9. The number of piperidine rings is 1. The van der Waals surface area contributed by atoms with Crippen LogP contribution in [-0.2, 0) is 0 Å². The highest BCUT2D eigenvalue weighted by Crippen LogP contribution is 2.25. The van der Waals surface area contributed by atoms with Gasteiger partial charge in [-0.2, -0.15) is 0 Å². The molecule has 2 N–H and O–H groups in total. The number of fused-ring (bicyclic) bond motifs is 1. The maximum atomic E-state index is 12.8. The fraction of sp³-hybridized carbons (Fsp3) is 0.588. The van der Waals surface area contributed by atoms with E-state index < -0.39 is 0 Å². The van der Waals surface area contributed by atoms with Gasteiger partial charge in [-0.3, -0.25) is 4.79 Å². The molecule has 3 rings (SSSR count). The van der Waals surface area contributed by atoms with Gasteiger partial charge < -0.3 is 15.2 Å². The Morgan fingerprint density at radius 2 is 2.22 bits per heavy atom. The van der Waals surface area contributed by atoms with Crippen molar-refractivity contribution < 1.29 is 9.32 Å². The lowest BCUT2D eigenvalue weighted by Gasteiger charge is -2.34. The van der Waals surface area contributed by atoms with Crippen LogP contribution in [0.1, 0.15) is 55.6 Å². The van der Waals surface area contributed by atoms with Gasteiger partial charge in [0.05, 0.1) is 16.6 Å². The Labute approximate surface area is 136 Å². The summed E-state index contributed by atoms with van der Waals surface area (Å²) in [4.78, 5) is 19.0. The molecule has 1 fully saturated rings. The van der Waals surface area contributed by atoms with E-state index in [9.17, 15) is 4.79 Å². The number of aromatic nitrogens is 2. The smallest absolute Gasteiger partial charge is 0.257 e. The Morgan fingerprint density at radius 1 is 1.43 bits per heavy atom. The Hall–Kier alpha value is -1.95. The van der Waals surface area contributed by atoms with Gasteiger partial charge in [0.25, 0.3) is 11.6 Å². The monoisotopic (exact) mass is 316 g/mol. The molecule has 0 spiro atoms. The predicted molar refractivity (Wildman–Crippen MR) is 88.2 cm³/mol. The van der Waals surface area contributed by atoms with Crippen molar-refractivity contribution in [1.82, 2.24) is 15.0 Å². The summed E-state index contributed by atoms with van der Waals surface area (Å²) in [6, 6.07) is 1.96. The first-order chi connectivity index (χ1) is 11.0. The Morgan fingerprint density at radius 3 is 2.91 bits per heavy atom. The summed E-state index contributed by atoms with van der Waals surface area (Å²) in [7, 11) is 0. The molecule has 6 heteroatoms. The van der Waals surface area contributed by atoms with Crippen LogP contribution in [0.4, 0.5) is 0 Å². The highest BCUT2D eigenvalue weighted by molar-refractivity contribution is 5.97. The fourth-order valence-corrected chi connectivity index (χ4v) is 3.19. The largest absolute Gasteiger partial charge is 0.338 e. The predicted octanol–water partition coefficient (Wildman–Crippen LogP) is 2.55. The van der Waals surface area contributed by atoms with Crippen LogP contribution in [0.15, 0.2) is 16.8 Å². The number of hydrogen-bond donors (Lipinski definition) is 1. The molecule has 2 atom stereocenters. The van der Waals surface area contributed by atoms with E-state index in [4.69, 9.17) is 10.3 Å². The molecule has 23 heavy (non-hydrogen) atoms. The average Bonchev–Trinajstić information content (AvgIpc) is 2.97. The summed E-state index contributed by atoms with van der Waals surface area (Å²) in [6.07, 6.45) is 3.66. The topological polar surface area (TPSA) is 85.2 Å². The molecule has 1 saturated heterocycles. The Kier molecular flexibility index (Phi) is 4.35. The molecule has 2 aromatic heterocycles. The normalized spacial score (nSPS) is 20.2. The van der Waals surface area contributed by atoms with Crippen LogP contribution in [0, 0.1) is 5.92 Å². The highest BCUT2D eigenvalue weighted by atomic mass is 16.5. The van der Waals surface area contributed by atoms with Gasteiger partial charge in [0.2, 0.25) is 0 Å². The molecule has 0 radical (unpaired) electrons. The summed E-state index contributed by atoms with van der Waals surface area (Å²) in [5.41, 5.74) is 7.93. The molecule has 0 bridgehead atoms. The first-order valence-corrected chi connectivity index (χ1v) is 8.27. The van der Waals surface area contributed by atoms with E-state index in [0.29, 0.717) is 17.2 Å². The maximum absolute atomic E-state index is 12.8. The second-order valence-corrected chi connectivity index (χ2v) is 6.81. The van der Waals surface area contributed by atoms with Crippen molar-refractivity contribution in [2.45, 2.75) is 45.6 Å². The highest BCUT2D eigenvalue weighted by Gasteiger charge is 2.27. The van der Waals surface area contributed by atoms with Crippen molar-refractivity contribution in [2.24, 2.45) is 11.7 Å². The van der Waals surface area contributed by atoms with Gasteiger partial charge in [0.1, 0.15) is 0 Å². The van der Waals surface area contributed by atoms with E-state index >= 15 is 0 Å². The van der Waals surface area contributed by atoms with Crippen molar-refractivity contribution in [3.63, 3.8) is 0 Å². The van der Waals surface area contributed by atoms with Gasteiger partial charge in [0, 0.05) is 25.3 Å². The lowest BCUT2D eigenvalue weighted by Crippen LogP contribution is -2.45. The van der Waals surface area contributed by atoms with Crippen LogP contribution in [0.5, 0.6) is 0 Å². The van der Waals surface area contributed by atoms with Crippen molar-refractivity contribution in [3.05, 3.63) is 23.5 Å². The third kappa shape index (κ3) is 3.08. The molecule has 124 valence electrons. The zero-order chi connectivity index (χ0) is 16.6. The lowest BCUT2D eigenvalue weighted by molar-refractivity contribution is 0.0660. The minimum Gasteiger partial charge on any atom is -0.338 e. The molecule has 0 saturated carbocycles. The number of amides is 1. The molecule has 0 unspecified atom stereocenters. The van der Waals surface area contributed by atoms with Crippen LogP contribution < -0.4 is 5.73 Å². The van der Waals surface area contributed by atoms with Crippen molar-refractivity contribution in [2.75, 3.05) is 13.1 Å². The molecular formula is C17H24N4O2. The zero-order valence-electron chi connectivity index (χ0n) is 14.0. The van der Waals surface area contributed by atoms with Crippen LogP contribution in [0.2, 0.25) is 0 Å². The van der Waals surface area contributed by atoms with E-state index in [1.807, 2.05) is 31.7 Å². The minimum absolute atomic E-state index is 0.0145. The van der Waals surface area contributed by atoms with Crippen LogP contribution in [0.25, 0.3) is 11.1 Å². The molecule has 0 aliphatic carbocycles.